The number of methoxy groups -OCH3 is 1. The van der Waals surface area contributed by atoms with Gasteiger partial charge in [0.2, 0.25) is 5.91 Å². The topological polar surface area (TPSA) is 67.9 Å². The van der Waals surface area contributed by atoms with Gasteiger partial charge in [0, 0.05) is 18.3 Å². The lowest BCUT2D eigenvalue weighted by Gasteiger charge is -2.18. The maximum atomic E-state index is 12.9. The van der Waals surface area contributed by atoms with Crippen LogP contribution in [0.1, 0.15) is 17.3 Å². The van der Waals surface area contributed by atoms with Crippen molar-refractivity contribution in [2.24, 2.45) is 0 Å². The number of ether oxygens (including phenoxy) is 2. The first-order valence-electron chi connectivity index (χ1n) is 8.06. The largest absolute Gasteiger partial charge is 0.493 e. The van der Waals surface area contributed by atoms with E-state index in [2.05, 4.69) is 5.32 Å². The standard InChI is InChI=1S/C19H21FN2O4/c1-4-26-17-11-13(5-10-16(17)25-3)19(24)22(2)12-18(23)21-15-8-6-14(20)7-9-15/h5-11H,4,12H2,1-3H3,(H,21,23). The van der Waals surface area contributed by atoms with E-state index in [1.54, 1.807) is 18.2 Å². The Kier molecular flexibility index (Phi) is 6.54. The summed E-state index contributed by atoms with van der Waals surface area (Å²) in [6, 6.07) is 10.2. The monoisotopic (exact) mass is 360 g/mol. The van der Waals surface area contributed by atoms with Crippen molar-refractivity contribution in [2.45, 2.75) is 6.92 Å². The Bertz CT molecular complexity index is 778. The minimum absolute atomic E-state index is 0.147. The van der Waals surface area contributed by atoms with Crippen molar-refractivity contribution in [3.63, 3.8) is 0 Å². The fourth-order valence-electron chi connectivity index (χ4n) is 2.32. The summed E-state index contributed by atoms with van der Waals surface area (Å²) in [4.78, 5) is 25.9. The first-order chi connectivity index (χ1) is 12.4. The number of hydrogen-bond donors (Lipinski definition) is 1. The quantitative estimate of drug-likeness (QED) is 0.824. The number of nitrogens with zero attached hydrogens (tertiary/aromatic N) is 1. The molecule has 1 N–H and O–H groups in total. The summed E-state index contributed by atoms with van der Waals surface area (Å²) in [5, 5.41) is 2.61. The molecular formula is C19H21FN2O4. The molecule has 0 aliphatic rings. The number of amides is 2. The maximum Gasteiger partial charge on any atom is 0.254 e. The van der Waals surface area contributed by atoms with E-state index in [-0.39, 0.29) is 24.2 Å². The molecule has 0 bridgehead atoms. The second-order valence-corrected chi connectivity index (χ2v) is 5.51. The molecule has 0 saturated heterocycles. The third-order valence-electron chi connectivity index (χ3n) is 3.57. The lowest BCUT2D eigenvalue weighted by Crippen LogP contribution is -2.34. The van der Waals surface area contributed by atoms with Gasteiger partial charge in [-0.05, 0) is 49.4 Å². The van der Waals surface area contributed by atoms with Crippen molar-refractivity contribution < 1.29 is 23.5 Å². The van der Waals surface area contributed by atoms with Crippen LogP contribution in [0.3, 0.4) is 0 Å². The van der Waals surface area contributed by atoms with Gasteiger partial charge in [-0.15, -0.1) is 0 Å². The zero-order valence-electron chi connectivity index (χ0n) is 14.9. The average Bonchev–Trinajstić information content (AvgIpc) is 2.63. The minimum Gasteiger partial charge on any atom is -0.493 e. The van der Waals surface area contributed by atoms with Gasteiger partial charge in [0.05, 0.1) is 20.3 Å². The molecule has 2 aromatic carbocycles. The molecular weight excluding hydrogens is 339 g/mol. The number of nitrogens with one attached hydrogen (secondary N) is 1. The highest BCUT2D eigenvalue weighted by Gasteiger charge is 2.17. The molecule has 0 heterocycles. The number of hydrogen-bond acceptors (Lipinski definition) is 4. The molecule has 0 saturated carbocycles. The van der Waals surface area contributed by atoms with E-state index < -0.39 is 0 Å². The molecule has 0 radical (unpaired) electrons. The van der Waals surface area contributed by atoms with Crippen molar-refractivity contribution in [3.05, 3.63) is 53.8 Å². The molecule has 0 atom stereocenters. The van der Waals surface area contributed by atoms with Gasteiger partial charge >= 0.3 is 0 Å². The van der Waals surface area contributed by atoms with Gasteiger partial charge in [-0.25, -0.2) is 4.39 Å². The van der Waals surface area contributed by atoms with Gasteiger partial charge in [-0.2, -0.15) is 0 Å². The van der Waals surface area contributed by atoms with E-state index >= 15 is 0 Å². The lowest BCUT2D eigenvalue weighted by atomic mass is 10.1. The van der Waals surface area contributed by atoms with Crippen LogP contribution in [0.5, 0.6) is 11.5 Å². The van der Waals surface area contributed by atoms with Gasteiger partial charge in [0.15, 0.2) is 11.5 Å². The summed E-state index contributed by atoms with van der Waals surface area (Å²) >= 11 is 0. The molecule has 26 heavy (non-hydrogen) atoms. The molecule has 2 aromatic rings. The summed E-state index contributed by atoms with van der Waals surface area (Å²) in [6.45, 7) is 2.12. The first kappa shape index (κ1) is 19.2. The van der Waals surface area contributed by atoms with E-state index in [0.29, 0.717) is 29.4 Å². The highest BCUT2D eigenvalue weighted by Crippen LogP contribution is 2.28. The zero-order valence-corrected chi connectivity index (χ0v) is 14.9. The molecule has 0 fully saturated rings. The SMILES string of the molecule is CCOc1cc(C(=O)N(C)CC(=O)Nc2ccc(F)cc2)ccc1OC. The van der Waals surface area contributed by atoms with Crippen LogP contribution in [0.2, 0.25) is 0 Å². The second-order valence-electron chi connectivity index (χ2n) is 5.51. The number of halogens is 1. The molecule has 2 amide bonds. The maximum absolute atomic E-state index is 12.9. The van der Waals surface area contributed by atoms with Crippen molar-refractivity contribution in [2.75, 3.05) is 32.6 Å². The Morgan fingerprint density at radius 3 is 2.42 bits per heavy atom. The molecule has 0 aliphatic carbocycles. The van der Waals surface area contributed by atoms with Gasteiger partial charge in [-0.1, -0.05) is 0 Å². The Balaban J connectivity index is 2.03. The van der Waals surface area contributed by atoms with Crippen LogP contribution < -0.4 is 14.8 Å². The van der Waals surface area contributed by atoms with Crippen molar-refractivity contribution in [1.29, 1.82) is 0 Å². The lowest BCUT2D eigenvalue weighted by molar-refractivity contribution is -0.116. The van der Waals surface area contributed by atoms with Crippen molar-refractivity contribution >= 4 is 17.5 Å². The molecule has 0 spiro atoms. The van der Waals surface area contributed by atoms with Crippen LogP contribution in [0.15, 0.2) is 42.5 Å². The summed E-state index contributed by atoms with van der Waals surface area (Å²) in [5.41, 5.74) is 0.840. The molecule has 0 aromatic heterocycles. The predicted octanol–water partition coefficient (Wildman–Crippen LogP) is 2.94. The molecule has 7 heteroatoms. The van der Waals surface area contributed by atoms with Gasteiger partial charge < -0.3 is 19.7 Å². The summed E-state index contributed by atoms with van der Waals surface area (Å²) < 4.78 is 23.5. The molecule has 2 rings (SSSR count). The Morgan fingerprint density at radius 2 is 1.81 bits per heavy atom. The number of anilines is 1. The Labute approximate surface area is 151 Å². The molecule has 6 nitrogen and oxygen atoms in total. The number of benzene rings is 2. The Hall–Kier alpha value is -3.09. The van der Waals surface area contributed by atoms with Gasteiger partial charge in [-0.3, -0.25) is 9.59 Å². The number of carbonyl (C=O) groups is 2. The highest BCUT2D eigenvalue weighted by atomic mass is 19.1. The normalized spacial score (nSPS) is 10.2. The van der Waals surface area contributed by atoms with Crippen LogP contribution in [0.4, 0.5) is 10.1 Å². The molecule has 138 valence electrons. The average molecular weight is 360 g/mol. The smallest absolute Gasteiger partial charge is 0.254 e. The van der Waals surface area contributed by atoms with Crippen LogP contribution in [0, 0.1) is 5.82 Å². The first-order valence-corrected chi connectivity index (χ1v) is 8.06. The fraction of sp³-hybridized carbons (Fsp3) is 0.263. The third kappa shape index (κ3) is 4.95. The van der Waals surface area contributed by atoms with E-state index in [4.69, 9.17) is 9.47 Å². The van der Waals surface area contributed by atoms with Crippen LogP contribution >= 0.6 is 0 Å². The zero-order chi connectivity index (χ0) is 19.1. The second kappa shape index (κ2) is 8.84. The van der Waals surface area contributed by atoms with E-state index in [1.807, 2.05) is 6.92 Å². The van der Waals surface area contributed by atoms with Crippen molar-refractivity contribution in [1.82, 2.24) is 4.90 Å². The van der Waals surface area contributed by atoms with E-state index in [9.17, 15) is 14.0 Å². The van der Waals surface area contributed by atoms with Gasteiger partial charge in [0.25, 0.3) is 5.91 Å². The number of likely N-dealkylation sites (N-methyl/N-ethyl adjacent to an activating group) is 1. The minimum atomic E-state index is -0.389. The van der Waals surface area contributed by atoms with E-state index in [1.165, 1.54) is 43.3 Å². The number of carbonyl (C=O) groups excluding carboxylic acids is 2. The van der Waals surface area contributed by atoms with E-state index in [0.717, 1.165) is 0 Å². The summed E-state index contributed by atoms with van der Waals surface area (Å²) in [5.74, 6) is -0.112. The fourth-order valence-corrected chi connectivity index (χ4v) is 2.32. The van der Waals surface area contributed by atoms with Crippen LogP contribution in [0.25, 0.3) is 0 Å². The summed E-state index contributed by atoms with van der Waals surface area (Å²) in [7, 11) is 3.04. The molecule has 0 aliphatic heterocycles. The Morgan fingerprint density at radius 1 is 1.12 bits per heavy atom. The number of rotatable bonds is 7. The van der Waals surface area contributed by atoms with Crippen molar-refractivity contribution in [3.8, 4) is 11.5 Å². The summed E-state index contributed by atoms with van der Waals surface area (Å²) in [6.07, 6.45) is 0. The highest BCUT2D eigenvalue weighted by molar-refractivity contribution is 5.99. The molecule has 0 unspecified atom stereocenters. The van der Waals surface area contributed by atoms with Gasteiger partial charge in [0.1, 0.15) is 5.82 Å². The third-order valence-corrected chi connectivity index (χ3v) is 3.57. The van der Waals surface area contributed by atoms with Crippen LogP contribution in [-0.4, -0.2) is 44.0 Å². The van der Waals surface area contributed by atoms with Crippen LogP contribution in [-0.2, 0) is 4.79 Å². The predicted molar refractivity (Wildman–Crippen MR) is 96.2 cm³/mol.